The average Bonchev–Trinajstić information content (AvgIpc) is 3.09. The second kappa shape index (κ2) is 9.30. The number of nitrogens with zero attached hydrogens (tertiary/aromatic N) is 3. The van der Waals surface area contributed by atoms with E-state index in [0.717, 1.165) is 12.1 Å². The zero-order valence-electron chi connectivity index (χ0n) is 23.9. The standard InChI is InChI=1S/C31H41N3O5/c1-28(2,3)20-29(4,5)34-17-11-15-31-23(26(37)33(18-19-35)24(31)27(34)38)22-25(36)32(21-12-8-7-9-13-21)16-10-14-30(22,6)39-31/h7-15,22-24,35H,16-20H2,1-6H3/t22-,23+,24?,30+,31+/m1/s1. The summed E-state index contributed by atoms with van der Waals surface area (Å²) in [4.78, 5) is 48.0. The van der Waals surface area contributed by atoms with E-state index in [9.17, 15) is 19.5 Å². The first-order valence-corrected chi connectivity index (χ1v) is 13.9. The first-order chi connectivity index (χ1) is 18.3. The molecular weight excluding hydrogens is 494 g/mol. The van der Waals surface area contributed by atoms with Crippen molar-refractivity contribution in [1.29, 1.82) is 0 Å². The van der Waals surface area contributed by atoms with Crippen LogP contribution in [-0.2, 0) is 19.1 Å². The summed E-state index contributed by atoms with van der Waals surface area (Å²) >= 11 is 0. The number of benzene rings is 1. The van der Waals surface area contributed by atoms with Crippen LogP contribution in [0.2, 0.25) is 0 Å². The van der Waals surface area contributed by atoms with Crippen LogP contribution in [0.5, 0.6) is 0 Å². The van der Waals surface area contributed by atoms with Gasteiger partial charge in [0.25, 0.3) is 0 Å². The molecule has 0 aliphatic carbocycles. The van der Waals surface area contributed by atoms with Gasteiger partial charge in [-0.2, -0.15) is 0 Å². The number of aliphatic hydroxyl groups is 1. The Hall–Kier alpha value is -2.97. The lowest BCUT2D eigenvalue weighted by atomic mass is 9.74. The van der Waals surface area contributed by atoms with Gasteiger partial charge in [0.2, 0.25) is 17.7 Å². The van der Waals surface area contributed by atoms with Gasteiger partial charge >= 0.3 is 0 Å². The molecule has 8 nitrogen and oxygen atoms in total. The molecule has 1 spiro atoms. The number of anilines is 1. The molecule has 2 saturated heterocycles. The van der Waals surface area contributed by atoms with Gasteiger partial charge in [-0.25, -0.2) is 0 Å². The summed E-state index contributed by atoms with van der Waals surface area (Å²) in [5.74, 6) is -2.47. The number of carbonyl (C=O) groups excluding carboxylic acids is 3. The second-order valence-electron chi connectivity index (χ2n) is 13.3. The number of fused-ring (bicyclic) bond motifs is 2. The maximum Gasteiger partial charge on any atom is 0.249 e. The van der Waals surface area contributed by atoms with Crippen molar-refractivity contribution in [2.75, 3.05) is 31.1 Å². The van der Waals surface area contributed by atoms with Gasteiger partial charge in [0.05, 0.1) is 24.0 Å². The molecule has 4 aliphatic rings. The van der Waals surface area contributed by atoms with Crippen molar-refractivity contribution >= 4 is 23.4 Å². The quantitative estimate of drug-likeness (QED) is 0.585. The Morgan fingerprint density at radius 3 is 2.23 bits per heavy atom. The summed E-state index contributed by atoms with van der Waals surface area (Å²) < 4.78 is 6.85. The van der Waals surface area contributed by atoms with Gasteiger partial charge in [-0.1, -0.05) is 63.3 Å². The monoisotopic (exact) mass is 535 g/mol. The number of likely N-dealkylation sites (tertiary alicyclic amines) is 1. The Kier molecular flexibility index (Phi) is 6.58. The van der Waals surface area contributed by atoms with Gasteiger partial charge in [0.1, 0.15) is 11.6 Å². The smallest absolute Gasteiger partial charge is 0.249 e. The molecular formula is C31H41N3O5. The maximum absolute atomic E-state index is 14.5. The fraction of sp³-hybridized carbons (Fsp3) is 0.581. The van der Waals surface area contributed by atoms with Crippen molar-refractivity contribution in [2.45, 2.75) is 70.7 Å². The Bertz CT molecular complexity index is 1220. The number of aliphatic hydroxyl groups excluding tert-OH is 1. The van der Waals surface area contributed by atoms with E-state index in [-0.39, 0.29) is 36.3 Å². The molecule has 3 amide bonds. The average molecular weight is 536 g/mol. The summed E-state index contributed by atoms with van der Waals surface area (Å²) in [5.41, 5.74) is -2.18. The molecule has 4 aliphatic heterocycles. The first kappa shape index (κ1) is 27.6. The number of ether oxygens (including phenoxy) is 1. The van der Waals surface area contributed by atoms with Crippen molar-refractivity contribution in [2.24, 2.45) is 17.3 Å². The summed E-state index contributed by atoms with van der Waals surface area (Å²) in [6.45, 7) is 12.8. The summed E-state index contributed by atoms with van der Waals surface area (Å²) in [5, 5.41) is 9.94. The predicted octanol–water partition coefficient (Wildman–Crippen LogP) is 3.17. The van der Waals surface area contributed by atoms with E-state index in [1.165, 1.54) is 4.90 Å². The third kappa shape index (κ3) is 4.32. The van der Waals surface area contributed by atoms with Crippen LogP contribution < -0.4 is 4.90 Å². The van der Waals surface area contributed by atoms with E-state index >= 15 is 0 Å². The predicted molar refractivity (Wildman–Crippen MR) is 149 cm³/mol. The Balaban J connectivity index is 1.61. The third-order valence-electron chi connectivity index (χ3n) is 8.66. The van der Waals surface area contributed by atoms with Crippen LogP contribution in [-0.4, -0.2) is 81.7 Å². The van der Waals surface area contributed by atoms with Gasteiger partial charge < -0.3 is 24.5 Å². The van der Waals surface area contributed by atoms with Gasteiger partial charge in [-0.3, -0.25) is 14.4 Å². The Morgan fingerprint density at radius 2 is 1.59 bits per heavy atom. The van der Waals surface area contributed by atoms with E-state index in [1.54, 1.807) is 4.90 Å². The lowest BCUT2D eigenvalue weighted by Gasteiger charge is -2.44. The Labute approximate surface area is 231 Å². The molecule has 0 saturated carbocycles. The number of hydrogen-bond donors (Lipinski definition) is 1. The highest BCUT2D eigenvalue weighted by atomic mass is 16.5. The lowest BCUT2D eigenvalue weighted by molar-refractivity contribution is -0.155. The van der Waals surface area contributed by atoms with Crippen molar-refractivity contribution in [1.82, 2.24) is 9.80 Å². The van der Waals surface area contributed by atoms with E-state index in [4.69, 9.17) is 4.74 Å². The van der Waals surface area contributed by atoms with Crippen LogP contribution >= 0.6 is 0 Å². The van der Waals surface area contributed by atoms with E-state index in [0.29, 0.717) is 13.1 Å². The molecule has 210 valence electrons. The zero-order valence-corrected chi connectivity index (χ0v) is 23.9. The second-order valence-corrected chi connectivity index (χ2v) is 13.3. The van der Waals surface area contributed by atoms with Gasteiger partial charge in [0.15, 0.2) is 0 Å². The number of rotatable bonds is 5. The zero-order chi connectivity index (χ0) is 28.4. The third-order valence-corrected chi connectivity index (χ3v) is 8.66. The van der Waals surface area contributed by atoms with Crippen LogP contribution in [0, 0.1) is 17.3 Å². The molecule has 5 rings (SSSR count). The van der Waals surface area contributed by atoms with Crippen LogP contribution in [0.3, 0.4) is 0 Å². The topological polar surface area (TPSA) is 90.4 Å². The van der Waals surface area contributed by atoms with Crippen LogP contribution in [0.15, 0.2) is 54.6 Å². The normalized spacial score (nSPS) is 32.7. The lowest BCUT2D eigenvalue weighted by Crippen LogP contribution is -2.60. The Morgan fingerprint density at radius 1 is 0.923 bits per heavy atom. The number of β-amino-alcohol motifs (C(OH)–C–C–N with tert-alkyl or cyclic N) is 1. The molecule has 0 bridgehead atoms. The van der Waals surface area contributed by atoms with Crippen molar-refractivity contribution in [3.8, 4) is 0 Å². The maximum atomic E-state index is 14.5. The highest BCUT2D eigenvalue weighted by molar-refractivity contribution is 6.04. The van der Waals surface area contributed by atoms with Gasteiger partial charge in [0, 0.05) is 30.9 Å². The minimum atomic E-state index is -1.32. The number of hydrogen-bond acceptors (Lipinski definition) is 5. The van der Waals surface area contributed by atoms with Crippen molar-refractivity contribution < 1.29 is 24.2 Å². The highest BCUT2D eigenvalue weighted by Crippen LogP contribution is 2.58. The summed E-state index contributed by atoms with van der Waals surface area (Å²) in [6.07, 6.45) is 8.33. The molecule has 4 heterocycles. The molecule has 1 aromatic carbocycles. The van der Waals surface area contributed by atoms with Crippen LogP contribution in [0.25, 0.3) is 0 Å². The van der Waals surface area contributed by atoms with Gasteiger partial charge in [-0.05, 0) is 44.7 Å². The van der Waals surface area contributed by atoms with E-state index in [1.807, 2.05) is 66.5 Å². The van der Waals surface area contributed by atoms with Crippen LogP contribution in [0.1, 0.15) is 48.0 Å². The minimum Gasteiger partial charge on any atom is -0.395 e. The number of carbonyl (C=O) groups is 3. The first-order valence-electron chi connectivity index (χ1n) is 13.9. The summed E-state index contributed by atoms with van der Waals surface area (Å²) in [7, 11) is 0. The molecule has 5 atom stereocenters. The molecule has 8 heteroatoms. The number of para-hydroxylation sites is 1. The van der Waals surface area contributed by atoms with Crippen molar-refractivity contribution in [3.05, 3.63) is 54.6 Å². The molecule has 39 heavy (non-hydrogen) atoms. The molecule has 0 radical (unpaired) electrons. The van der Waals surface area contributed by atoms with E-state index in [2.05, 4.69) is 34.6 Å². The van der Waals surface area contributed by atoms with Crippen LogP contribution in [0.4, 0.5) is 5.69 Å². The molecule has 1 aromatic rings. The van der Waals surface area contributed by atoms with Crippen molar-refractivity contribution in [3.63, 3.8) is 0 Å². The molecule has 2 fully saturated rings. The minimum absolute atomic E-state index is 0.00586. The largest absolute Gasteiger partial charge is 0.395 e. The van der Waals surface area contributed by atoms with Gasteiger partial charge in [-0.15, -0.1) is 0 Å². The number of amides is 3. The SMILES string of the molecule is CC(C)(C)CC(C)(C)N1CC=C[C@]23O[C@@]4(C)C=CCN(c5ccccc5)C(=O)[C@H]4[C@H]2C(=O)N(CCO)C3C1=O. The van der Waals surface area contributed by atoms with E-state index < -0.39 is 34.6 Å². The molecule has 0 aromatic heterocycles. The highest BCUT2D eigenvalue weighted by Gasteiger charge is 2.75. The molecule has 1 unspecified atom stereocenters. The summed E-state index contributed by atoms with van der Waals surface area (Å²) in [6, 6.07) is 8.43. The fourth-order valence-electron chi connectivity index (χ4n) is 7.65. The fourth-order valence-corrected chi connectivity index (χ4v) is 7.65. The molecule has 1 N–H and O–H groups in total.